The van der Waals surface area contributed by atoms with Crippen molar-refractivity contribution in [1.82, 2.24) is 0 Å². The number of carboxylic acid groups (broad SMARTS) is 1. The van der Waals surface area contributed by atoms with E-state index in [4.69, 9.17) is 9.84 Å². The van der Waals surface area contributed by atoms with E-state index < -0.39 is 21.8 Å². The maximum absolute atomic E-state index is 12.0. The molecule has 2 aromatic carbocycles. The first-order chi connectivity index (χ1) is 20.8. The second-order valence-electron chi connectivity index (χ2n) is 10.6. The van der Waals surface area contributed by atoms with Gasteiger partial charge in [-0.3, -0.25) is 20.2 Å². The topological polar surface area (TPSA) is 150 Å². The van der Waals surface area contributed by atoms with Gasteiger partial charge in [-0.05, 0) is 103 Å². The molecule has 0 bridgehead atoms. The standard InChI is InChI=1S/C27H37NO4.C7H5NO4/c1-21(2)9-6-10-22(3)11-7-12-23(4)13-8-14-24(5)19-20-32-27(29)25-15-17-26(18-16-25)28(30)31;9-7(10)5-1-3-6(4-2-5)8(11)12/h9,11,13,15-19H,6-8,10,12,14,20H2,1-5H3;1-4H,(H,9,10). The van der Waals surface area contributed by atoms with Crippen LogP contribution in [-0.4, -0.2) is 33.5 Å². The molecule has 0 fully saturated rings. The summed E-state index contributed by atoms with van der Waals surface area (Å²) < 4.78 is 5.23. The summed E-state index contributed by atoms with van der Waals surface area (Å²) in [6, 6.07) is 10.1. The maximum Gasteiger partial charge on any atom is 0.338 e. The van der Waals surface area contributed by atoms with Crippen LogP contribution >= 0.6 is 0 Å². The lowest BCUT2D eigenvalue weighted by Crippen LogP contribution is -2.05. The van der Waals surface area contributed by atoms with Crippen LogP contribution in [0, 0.1) is 20.2 Å². The molecule has 0 heterocycles. The third-order valence-corrected chi connectivity index (χ3v) is 6.44. The van der Waals surface area contributed by atoms with Crippen LogP contribution in [-0.2, 0) is 4.74 Å². The highest BCUT2D eigenvalue weighted by molar-refractivity contribution is 5.89. The minimum atomic E-state index is -1.09. The minimum Gasteiger partial charge on any atom is -0.478 e. The van der Waals surface area contributed by atoms with Crippen molar-refractivity contribution >= 4 is 23.3 Å². The molecule has 0 aliphatic carbocycles. The normalized spacial score (nSPS) is 11.6. The number of nitro benzene ring substituents is 2. The molecule has 0 aromatic heterocycles. The van der Waals surface area contributed by atoms with Gasteiger partial charge in [-0.25, -0.2) is 9.59 Å². The van der Waals surface area contributed by atoms with Crippen molar-refractivity contribution in [3.8, 4) is 0 Å². The minimum absolute atomic E-state index is 0.0422. The molecule has 10 nitrogen and oxygen atoms in total. The highest BCUT2D eigenvalue weighted by Crippen LogP contribution is 2.15. The molecule has 0 spiro atoms. The number of non-ortho nitro benzene ring substituents is 2. The van der Waals surface area contributed by atoms with Gasteiger partial charge in [0.15, 0.2) is 0 Å². The highest BCUT2D eigenvalue weighted by Gasteiger charge is 2.10. The van der Waals surface area contributed by atoms with Gasteiger partial charge in [-0.15, -0.1) is 0 Å². The number of allylic oxidation sites excluding steroid dienone is 7. The summed E-state index contributed by atoms with van der Waals surface area (Å²) in [5.74, 6) is -1.58. The molecule has 1 N–H and O–H groups in total. The van der Waals surface area contributed by atoms with Crippen LogP contribution in [0.25, 0.3) is 0 Å². The fraction of sp³-hybridized carbons (Fsp3) is 0.353. The Bertz CT molecular complexity index is 1350. The van der Waals surface area contributed by atoms with Crippen molar-refractivity contribution in [1.29, 1.82) is 0 Å². The van der Waals surface area contributed by atoms with Gasteiger partial charge in [-0.1, -0.05) is 40.5 Å². The van der Waals surface area contributed by atoms with Gasteiger partial charge in [0.05, 0.1) is 21.0 Å². The van der Waals surface area contributed by atoms with E-state index in [9.17, 15) is 29.8 Å². The highest BCUT2D eigenvalue weighted by atomic mass is 16.6. The van der Waals surface area contributed by atoms with E-state index in [1.165, 1.54) is 58.7 Å². The Morgan fingerprint density at radius 1 is 0.659 bits per heavy atom. The number of rotatable bonds is 15. The second-order valence-corrected chi connectivity index (χ2v) is 10.6. The van der Waals surface area contributed by atoms with Crippen LogP contribution in [0.3, 0.4) is 0 Å². The zero-order valence-electron chi connectivity index (χ0n) is 26.1. The number of esters is 1. The maximum atomic E-state index is 12.0. The van der Waals surface area contributed by atoms with Crippen LogP contribution < -0.4 is 0 Å². The third-order valence-electron chi connectivity index (χ3n) is 6.44. The zero-order valence-corrected chi connectivity index (χ0v) is 26.1. The quantitative estimate of drug-likeness (QED) is 0.0912. The third kappa shape index (κ3) is 16.0. The SMILES string of the molecule is CC(C)=CCCC(C)=CCCC(C)=CCCC(C)=CCOC(=O)c1ccc([N+](=O)[O-])cc1.O=C(O)c1ccc([N+](=O)[O-])cc1. The number of carbonyl (C=O) groups is 2. The van der Waals surface area contributed by atoms with Crippen molar-refractivity contribution in [3.63, 3.8) is 0 Å². The average molecular weight is 607 g/mol. The van der Waals surface area contributed by atoms with E-state index >= 15 is 0 Å². The summed E-state index contributed by atoms with van der Waals surface area (Å²) in [6.45, 7) is 10.9. The number of carbonyl (C=O) groups excluding carboxylic acids is 1. The molecule has 0 aliphatic heterocycles. The molecule has 0 saturated carbocycles. The molecule has 0 saturated heterocycles. The van der Waals surface area contributed by atoms with E-state index in [0.717, 1.165) is 50.7 Å². The molecule has 2 rings (SSSR count). The number of carboxylic acids is 1. The lowest BCUT2D eigenvalue weighted by molar-refractivity contribution is -0.385. The Morgan fingerprint density at radius 3 is 1.43 bits per heavy atom. The molecule has 0 aliphatic rings. The molecular weight excluding hydrogens is 564 g/mol. The molecule has 44 heavy (non-hydrogen) atoms. The number of hydrogen-bond acceptors (Lipinski definition) is 7. The smallest absolute Gasteiger partial charge is 0.338 e. The van der Waals surface area contributed by atoms with Crippen molar-refractivity contribution in [3.05, 3.63) is 126 Å². The monoisotopic (exact) mass is 606 g/mol. The van der Waals surface area contributed by atoms with E-state index in [1.807, 2.05) is 13.0 Å². The number of nitro groups is 2. The van der Waals surface area contributed by atoms with Crippen molar-refractivity contribution in [2.75, 3.05) is 6.61 Å². The van der Waals surface area contributed by atoms with Gasteiger partial charge in [0, 0.05) is 24.3 Å². The van der Waals surface area contributed by atoms with Gasteiger partial charge in [0.25, 0.3) is 11.4 Å². The van der Waals surface area contributed by atoms with Gasteiger partial charge < -0.3 is 9.84 Å². The summed E-state index contributed by atoms with van der Waals surface area (Å²) in [6.07, 6.45) is 15.1. The predicted octanol–water partition coefficient (Wildman–Crippen LogP) is 9.19. The molecule has 10 heteroatoms. The van der Waals surface area contributed by atoms with Gasteiger partial charge in [-0.2, -0.15) is 0 Å². The van der Waals surface area contributed by atoms with Gasteiger partial charge in [0.2, 0.25) is 0 Å². The molecule has 2 aromatic rings. The van der Waals surface area contributed by atoms with Gasteiger partial charge >= 0.3 is 11.9 Å². The molecule has 236 valence electrons. The zero-order chi connectivity index (χ0) is 33.1. The molecule has 0 amide bonds. The first-order valence-corrected chi connectivity index (χ1v) is 14.3. The Kier molecular flexibility index (Phi) is 17.0. The van der Waals surface area contributed by atoms with E-state index in [2.05, 4.69) is 45.9 Å². The van der Waals surface area contributed by atoms with Crippen LogP contribution in [0.1, 0.15) is 93.9 Å². The lowest BCUT2D eigenvalue weighted by atomic mass is 10.0. The number of aromatic carboxylic acids is 1. The predicted molar refractivity (Wildman–Crippen MR) is 172 cm³/mol. The summed E-state index contributed by atoms with van der Waals surface area (Å²) in [5.41, 5.74) is 5.59. The fourth-order valence-electron chi connectivity index (χ4n) is 3.78. The lowest BCUT2D eigenvalue weighted by Gasteiger charge is -2.04. The van der Waals surface area contributed by atoms with Crippen LogP contribution in [0.4, 0.5) is 11.4 Å². The second kappa shape index (κ2) is 20.1. The van der Waals surface area contributed by atoms with Crippen LogP contribution in [0.15, 0.2) is 95.1 Å². The number of ether oxygens (including phenoxy) is 1. The fourth-order valence-corrected chi connectivity index (χ4v) is 3.78. The summed E-state index contributed by atoms with van der Waals surface area (Å²) in [4.78, 5) is 42.0. The summed E-state index contributed by atoms with van der Waals surface area (Å²) in [7, 11) is 0. The molecular formula is C34H42N2O8. The Morgan fingerprint density at radius 2 is 1.05 bits per heavy atom. The molecule has 0 unspecified atom stereocenters. The molecule has 0 radical (unpaired) electrons. The van der Waals surface area contributed by atoms with Crippen molar-refractivity contribution in [2.45, 2.75) is 73.1 Å². The Balaban J connectivity index is 0.000000669. The number of benzene rings is 2. The summed E-state index contributed by atoms with van der Waals surface area (Å²) in [5, 5.41) is 29.2. The van der Waals surface area contributed by atoms with E-state index in [0.29, 0.717) is 5.56 Å². The Hall–Kier alpha value is -4.86. The molecule has 0 atom stereocenters. The van der Waals surface area contributed by atoms with Crippen molar-refractivity contribution < 1.29 is 29.3 Å². The van der Waals surface area contributed by atoms with Crippen LogP contribution in [0.5, 0.6) is 0 Å². The van der Waals surface area contributed by atoms with Crippen molar-refractivity contribution in [2.24, 2.45) is 0 Å². The average Bonchev–Trinajstić information content (AvgIpc) is 2.97. The largest absolute Gasteiger partial charge is 0.478 e. The Labute approximate surface area is 258 Å². The summed E-state index contributed by atoms with van der Waals surface area (Å²) >= 11 is 0. The van der Waals surface area contributed by atoms with E-state index in [-0.39, 0.29) is 23.5 Å². The first kappa shape index (κ1) is 37.2. The van der Waals surface area contributed by atoms with E-state index in [1.54, 1.807) is 0 Å². The number of nitrogens with zero attached hydrogens (tertiary/aromatic N) is 2. The van der Waals surface area contributed by atoms with Gasteiger partial charge in [0.1, 0.15) is 6.61 Å². The first-order valence-electron chi connectivity index (χ1n) is 14.3. The number of hydrogen-bond donors (Lipinski definition) is 1. The van der Waals surface area contributed by atoms with Crippen LogP contribution in [0.2, 0.25) is 0 Å².